The van der Waals surface area contributed by atoms with Crippen molar-refractivity contribution in [3.8, 4) is 5.75 Å². The van der Waals surface area contributed by atoms with E-state index in [0.29, 0.717) is 24.2 Å². The summed E-state index contributed by atoms with van der Waals surface area (Å²) in [7, 11) is 4.37. The van der Waals surface area contributed by atoms with E-state index in [0.717, 1.165) is 5.56 Å². The van der Waals surface area contributed by atoms with Gasteiger partial charge in [-0.15, -0.1) is 0 Å². The molecule has 32 heavy (non-hydrogen) atoms. The number of likely N-dealkylation sites (N-methyl/N-ethyl adjacent to an activating group) is 1. The van der Waals surface area contributed by atoms with Gasteiger partial charge in [-0.1, -0.05) is 26.8 Å². The molecule has 0 aliphatic carbocycles. The van der Waals surface area contributed by atoms with Gasteiger partial charge in [0.05, 0.1) is 14.2 Å². The highest BCUT2D eigenvalue weighted by atomic mass is 16.6. The molecule has 8 heteroatoms. The van der Waals surface area contributed by atoms with E-state index in [1.807, 2.05) is 26.8 Å². The summed E-state index contributed by atoms with van der Waals surface area (Å²) < 4.78 is 15.7. The molecule has 0 spiro atoms. The molecule has 1 rings (SSSR count). The van der Waals surface area contributed by atoms with Crippen LogP contribution in [0.3, 0.4) is 0 Å². The fourth-order valence-electron chi connectivity index (χ4n) is 3.31. The van der Waals surface area contributed by atoms with Gasteiger partial charge in [0.25, 0.3) is 0 Å². The van der Waals surface area contributed by atoms with E-state index >= 15 is 0 Å². The Hall–Kier alpha value is -2.77. The fraction of sp³-hybridized carbons (Fsp3) is 0.625. The zero-order valence-corrected chi connectivity index (χ0v) is 20.8. The van der Waals surface area contributed by atoms with E-state index < -0.39 is 35.7 Å². The number of methoxy groups -OCH3 is 2. The van der Waals surface area contributed by atoms with Crippen molar-refractivity contribution < 1.29 is 28.6 Å². The van der Waals surface area contributed by atoms with E-state index in [9.17, 15) is 14.4 Å². The zero-order valence-electron chi connectivity index (χ0n) is 20.8. The number of ether oxygens (including phenoxy) is 3. The van der Waals surface area contributed by atoms with Gasteiger partial charge in [0.15, 0.2) is 0 Å². The maximum atomic E-state index is 13.4. The van der Waals surface area contributed by atoms with Crippen LogP contribution in [0.1, 0.15) is 65.1 Å². The van der Waals surface area contributed by atoms with Crippen molar-refractivity contribution in [3.05, 3.63) is 29.3 Å². The van der Waals surface area contributed by atoms with Gasteiger partial charge in [-0.2, -0.15) is 0 Å². The van der Waals surface area contributed by atoms with Crippen molar-refractivity contribution >= 4 is 18.0 Å². The molecule has 0 aromatic heterocycles. The number of benzene rings is 1. The minimum atomic E-state index is -1.01. The third-order valence-corrected chi connectivity index (χ3v) is 4.83. The van der Waals surface area contributed by atoms with Gasteiger partial charge in [0.2, 0.25) is 5.91 Å². The number of amides is 2. The molecule has 2 unspecified atom stereocenters. The molecule has 0 heterocycles. The lowest BCUT2D eigenvalue weighted by atomic mass is 9.98. The molecule has 0 aliphatic heterocycles. The summed E-state index contributed by atoms with van der Waals surface area (Å²) in [4.78, 5) is 39.7. The van der Waals surface area contributed by atoms with E-state index in [-0.39, 0.29) is 5.92 Å². The number of rotatable bonds is 9. The third-order valence-electron chi connectivity index (χ3n) is 4.83. The molecule has 1 aromatic carbocycles. The van der Waals surface area contributed by atoms with E-state index in [4.69, 9.17) is 14.2 Å². The number of esters is 1. The summed E-state index contributed by atoms with van der Waals surface area (Å²) >= 11 is 0. The summed E-state index contributed by atoms with van der Waals surface area (Å²) in [6.45, 7) is 11.1. The second kappa shape index (κ2) is 11.7. The normalized spacial score (nSPS) is 13.2. The van der Waals surface area contributed by atoms with Crippen molar-refractivity contribution in [2.75, 3.05) is 21.3 Å². The molecule has 0 saturated heterocycles. The largest absolute Gasteiger partial charge is 0.496 e. The number of nitrogens with zero attached hydrogens (tertiary/aromatic N) is 1. The first-order valence-electron chi connectivity index (χ1n) is 10.8. The highest BCUT2D eigenvalue weighted by Crippen LogP contribution is 2.28. The third kappa shape index (κ3) is 7.73. The molecule has 1 aromatic rings. The highest BCUT2D eigenvalue weighted by Gasteiger charge is 2.34. The van der Waals surface area contributed by atoms with Gasteiger partial charge in [0.1, 0.15) is 23.4 Å². The van der Waals surface area contributed by atoms with Crippen LogP contribution in [0, 0.1) is 5.92 Å². The predicted molar refractivity (Wildman–Crippen MR) is 123 cm³/mol. The summed E-state index contributed by atoms with van der Waals surface area (Å²) in [6, 6.07) is 3.49. The second-order valence-corrected chi connectivity index (χ2v) is 9.13. The predicted octanol–water partition coefficient (Wildman–Crippen LogP) is 3.87. The van der Waals surface area contributed by atoms with Crippen molar-refractivity contribution in [2.45, 2.75) is 72.1 Å². The molecular weight excluding hydrogens is 412 g/mol. The molecule has 180 valence electrons. The highest BCUT2D eigenvalue weighted by molar-refractivity contribution is 5.90. The van der Waals surface area contributed by atoms with E-state index in [1.54, 1.807) is 40.0 Å². The number of carbonyl (C=O) groups is 3. The van der Waals surface area contributed by atoms with Crippen molar-refractivity contribution in [2.24, 2.45) is 5.92 Å². The SMILES string of the molecule is CCc1cc(C(C(=O)NC(CC(C)C)C(=O)OC)N(C)C(=O)OC(C)(C)C)ccc1OC. The topological polar surface area (TPSA) is 94.2 Å². The molecule has 0 bridgehead atoms. The van der Waals surface area contributed by atoms with Crippen LogP contribution in [0.15, 0.2) is 18.2 Å². The second-order valence-electron chi connectivity index (χ2n) is 9.13. The minimum absolute atomic E-state index is 0.147. The van der Waals surface area contributed by atoms with E-state index in [1.165, 1.54) is 19.1 Å². The van der Waals surface area contributed by atoms with E-state index in [2.05, 4.69) is 5.32 Å². The van der Waals surface area contributed by atoms with Gasteiger partial charge in [-0.25, -0.2) is 9.59 Å². The van der Waals surface area contributed by atoms with Gasteiger partial charge in [-0.3, -0.25) is 9.69 Å². The average molecular weight is 451 g/mol. The summed E-state index contributed by atoms with van der Waals surface area (Å²) in [5.41, 5.74) is 0.751. The van der Waals surface area contributed by atoms with Crippen LogP contribution in [0.2, 0.25) is 0 Å². The van der Waals surface area contributed by atoms with Gasteiger partial charge >= 0.3 is 12.1 Å². The molecule has 0 saturated carbocycles. The Morgan fingerprint density at radius 1 is 1.12 bits per heavy atom. The Morgan fingerprint density at radius 3 is 2.22 bits per heavy atom. The Kier molecular flexibility index (Phi) is 10.0. The van der Waals surface area contributed by atoms with Gasteiger partial charge in [-0.05, 0) is 62.8 Å². The first-order chi connectivity index (χ1) is 14.8. The first kappa shape index (κ1) is 27.3. The monoisotopic (exact) mass is 450 g/mol. The number of hydrogen-bond acceptors (Lipinski definition) is 6. The molecular formula is C24H38N2O6. The standard InChI is InChI=1S/C24H38N2O6/c1-10-16-14-17(11-12-19(16)30-8)20(26(7)23(29)32-24(4,5)6)21(27)25-18(13-15(2)3)22(28)31-9/h11-12,14-15,18,20H,10,13H2,1-9H3,(H,25,27). The maximum Gasteiger partial charge on any atom is 0.410 e. The van der Waals surface area contributed by atoms with Crippen LogP contribution in [0.5, 0.6) is 5.75 Å². The average Bonchev–Trinajstić information content (AvgIpc) is 2.70. The van der Waals surface area contributed by atoms with Crippen LogP contribution >= 0.6 is 0 Å². The Labute approximate surface area is 191 Å². The lowest BCUT2D eigenvalue weighted by molar-refractivity contribution is -0.146. The number of carbonyl (C=O) groups excluding carboxylic acids is 3. The molecule has 0 radical (unpaired) electrons. The Bertz CT molecular complexity index is 800. The smallest absolute Gasteiger partial charge is 0.410 e. The lowest BCUT2D eigenvalue weighted by Crippen LogP contribution is -2.49. The van der Waals surface area contributed by atoms with Crippen LogP contribution < -0.4 is 10.1 Å². The Balaban J connectivity index is 3.40. The molecule has 0 aliphatic rings. The van der Waals surface area contributed by atoms with Crippen LogP contribution in [0.25, 0.3) is 0 Å². The summed E-state index contributed by atoms with van der Waals surface area (Å²) in [5, 5.41) is 2.77. The fourth-order valence-corrected chi connectivity index (χ4v) is 3.31. The lowest BCUT2D eigenvalue weighted by Gasteiger charge is -2.31. The van der Waals surface area contributed by atoms with Crippen LogP contribution in [-0.4, -0.2) is 55.8 Å². The first-order valence-corrected chi connectivity index (χ1v) is 10.8. The molecule has 0 fully saturated rings. The van der Waals surface area contributed by atoms with Crippen molar-refractivity contribution in [1.82, 2.24) is 10.2 Å². The van der Waals surface area contributed by atoms with Gasteiger partial charge < -0.3 is 19.5 Å². The number of hydrogen-bond donors (Lipinski definition) is 1. The Morgan fingerprint density at radius 2 is 1.75 bits per heavy atom. The number of nitrogens with one attached hydrogen (secondary N) is 1. The molecule has 8 nitrogen and oxygen atoms in total. The maximum absolute atomic E-state index is 13.4. The zero-order chi connectivity index (χ0) is 24.6. The molecule has 2 atom stereocenters. The quantitative estimate of drug-likeness (QED) is 0.574. The molecule has 2 amide bonds. The summed E-state index contributed by atoms with van der Waals surface area (Å²) in [6.07, 6.45) is 0.439. The minimum Gasteiger partial charge on any atom is -0.496 e. The van der Waals surface area contributed by atoms with Gasteiger partial charge in [0, 0.05) is 7.05 Å². The van der Waals surface area contributed by atoms with Crippen molar-refractivity contribution in [1.29, 1.82) is 0 Å². The van der Waals surface area contributed by atoms with Crippen molar-refractivity contribution in [3.63, 3.8) is 0 Å². The summed E-state index contributed by atoms with van der Waals surface area (Å²) in [5.74, 6) is -0.187. The number of aryl methyl sites for hydroxylation is 1. The molecule has 1 N–H and O–H groups in total. The van der Waals surface area contributed by atoms with Crippen LogP contribution in [0.4, 0.5) is 4.79 Å². The van der Waals surface area contributed by atoms with Crippen LogP contribution in [-0.2, 0) is 25.5 Å².